The van der Waals surface area contributed by atoms with Crippen molar-refractivity contribution in [3.63, 3.8) is 0 Å². The Morgan fingerprint density at radius 1 is 1.02 bits per heavy atom. The van der Waals surface area contributed by atoms with Crippen molar-refractivity contribution in [2.75, 3.05) is 13.6 Å². The van der Waals surface area contributed by atoms with E-state index in [1.807, 2.05) is 49.4 Å². The summed E-state index contributed by atoms with van der Waals surface area (Å²) in [6.07, 6.45) is 4.87. The summed E-state index contributed by atoms with van der Waals surface area (Å²) in [7, 11) is 1.74. The van der Waals surface area contributed by atoms with Gasteiger partial charge in [-0.2, -0.15) is 0 Å². The largest absolute Gasteiger partial charge is 0.451 e. The number of hydrogen-bond acceptors (Lipinski definition) is 8. The van der Waals surface area contributed by atoms with Gasteiger partial charge in [0, 0.05) is 19.0 Å². The number of nitrogens with one attached hydrogen (secondary N) is 2. The molecule has 2 aromatic rings. The molecule has 3 aliphatic rings. The molecule has 1 unspecified atom stereocenters. The number of carbonyl (C=O) groups is 4. The Bertz CT molecular complexity index is 1480. The van der Waals surface area contributed by atoms with Crippen LogP contribution in [0.5, 0.6) is 0 Å². The summed E-state index contributed by atoms with van der Waals surface area (Å²) < 4.78 is 5.95. The van der Waals surface area contributed by atoms with Crippen molar-refractivity contribution in [1.29, 1.82) is 0 Å². The number of hydrazine groups is 1. The van der Waals surface area contributed by atoms with Crippen molar-refractivity contribution in [3.05, 3.63) is 47.7 Å². The third-order valence-electron chi connectivity index (χ3n) is 9.52. The molecule has 1 aliphatic carbocycles. The van der Waals surface area contributed by atoms with Gasteiger partial charge in [-0.15, -0.1) is 0 Å². The molecule has 5 bridgehead atoms. The lowest BCUT2D eigenvalue weighted by molar-refractivity contribution is -0.168. The van der Waals surface area contributed by atoms with Gasteiger partial charge in [-0.05, 0) is 76.0 Å². The van der Waals surface area contributed by atoms with Gasteiger partial charge in [-0.25, -0.2) is 5.43 Å². The van der Waals surface area contributed by atoms with Gasteiger partial charge in [0.05, 0.1) is 28.8 Å². The molecule has 11 heteroatoms. The zero-order chi connectivity index (χ0) is 32.5. The van der Waals surface area contributed by atoms with Gasteiger partial charge in [0.2, 0.25) is 5.91 Å². The number of aliphatic hydroxyl groups excluding tert-OH is 1. The maximum atomic E-state index is 13.9. The summed E-state index contributed by atoms with van der Waals surface area (Å²) in [5.41, 5.74) is 4.37. The summed E-state index contributed by atoms with van der Waals surface area (Å²) in [6.45, 7) is 7.47. The van der Waals surface area contributed by atoms with Crippen molar-refractivity contribution in [3.8, 4) is 0 Å². The summed E-state index contributed by atoms with van der Waals surface area (Å²) in [6, 6.07) is 7.89. The number of pyridine rings is 1. The number of amides is 3. The molecule has 1 aromatic carbocycles. The van der Waals surface area contributed by atoms with E-state index in [2.05, 4.69) is 10.7 Å². The molecule has 5 rings (SSSR count). The van der Waals surface area contributed by atoms with E-state index in [9.17, 15) is 24.3 Å². The highest BCUT2D eigenvalue weighted by Gasteiger charge is 2.43. The van der Waals surface area contributed by atoms with E-state index in [1.165, 1.54) is 5.01 Å². The zero-order valence-electron chi connectivity index (χ0n) is 26.8. The third-order valence-corrected chi connectivity index (χ3v) is 9.52. The number of esters is 1. The predicted octanol–water partition coefficient (Wildman–Crippen LogP) is 3.27. The molecule has 242 valence electrons. The predicted molar refractivity (Wildman–Crippen MR) is 169 cm³/mol. The molecular formula is C34H45N5O6. The lowest BCUT2D eigenvalue weighted by atomic mass is 9.72. The molecule has 11 nitrogen and oxygen atoms in total. The Morgan fingerprint density at radius 3 is 2.44 bits per heavy atom. The standard InChI is InChI=1S/C34H45N5O6/c1-20(2)29-30(41)35-21(3)31(42)39-18-6-7-27(37-39)32(43)38(5)22(4)26-11-10-24-9-8-23(19-28(24)36-26)12-15-34(33(44)45-29)16-13-25(40)14-17-34/h8-12,15,19-22,25,27,29,37,40H,6-7,13-14,16-18H2,1-5H3,(H,35,41)/b15-12+/t21-,22+,25-,27-,29?,34+/m0/s1. The fraction of sp³-hybridized carbons (Fsp3) is 0.559. The average Bonchev–Trinajstić information content (AvgIpc) is 3.04. The minimum atomic E-state index is -1.12. The molecule has 2 fully saturated rings. The molecule has 3 heterocycles. The van der Waals surface area contributed by atoms with Gasteiger partial charge >= 0.3 is 5.97 Å². The molecule has 0 radical (unpaired) electrons. The molecular weight excluding hydrogens is 574 g/mol. The smallest absolute Gasteiger partial charge is 0.316 e. The molecule has 45 heavy (non-hydrogen) atoms. The zero-order valence-corrected chi connectivity index (χ0v) is 26.8. The van der Waals surface area contributed by atoms with Gasteiger partial charge in [0.1, 0.15) is 12.1 Å². The average molecular weight is 620 g/mol. The molecule has 2 aliphatic heterocycles. The Morgan fingerprint density at radius 2 is 1.73 bits per heavy atom. The number of cyclic esters (lactones) is 1. The fourth-order valence-corrected chi connectivity index (χ4v) is 6.37. The molecule has 3 amide bonds. The molecule has 1 saturated heterocycles. The van der Waals surface area contributed by atoms with Gasteiger partial charge in [0.25, 0.3) is 11.8 Å². The summed E-state index contributed by atoms with van der Waals surface area (Å²) in [4.78, 5) is 60.9. The van der Waals surface area contributed by atoms with Gasteiger partial charge in [-0.3, -0.25) is 29.2 Å². The van der Waals surface area contributed by atoms with Crippen LogP contribution in [0.15, 0.2) is 36.4 Å². The topological polar surface area (TPSA) is 141 Å². The van der Waals surface area contributed by atoms with Crippen LogP contribution in [0.1, 0.15) is 83.5 Å². The SMILES string of the molecule is CC(C)C1OC(=O)[C@]2(/C=C/c3ccc4ccc(nc4c3)[C@@H](C)N(C)C(=O)[C@@H]3CCCN(N3)C(=O)[C@H](C)NC1=O)CC[C@H](O)CC2. The number of likely N-dealkylation sites (N-methyl/N-ethyl adjacent to an activating group) is 1. The Labute approximate surface area is 264 Å². The maximum absolute atomic E-state index is 13.9. The minimum absolute atomic E-state index is 0.157. The van der Waals surface area contributed by atoms with Crippen molar-refractivity contribution >= 4 is 40.7 Å². The normalized spacial score (nSPS) is 31.3. The Balaban J connectivity index is 1.55. The number of aromatic nitrogens is 1. The minimum Gasteiger partial charge on any atom is -0.451 e. The maximum Gasteiger partial charge on any atom is 0.316 e. The number of aliphatic hydroxyl groups is 1. The third kappa shape index (κ3) is 6.89. The number of carbonyl (C=O) groups excluding carboxylic acids is 4. The lowest BCUT2D eigenvalue weighted by Crippen LogP contribution is -2.61. The highest BCUT2D eigenvalue weighted by Crippen LogP contribution is 2.40. The van der Waals surface area contributed by atoms with Crippen LogP contribution in [0, 0.1) is 11.3 Å². The van der Waals surface area contributed by atoms with Crippen LogP contribution in [0.25, 0.3) is 17.0 Å². The number of hydrogen-bond donors (Lipinski definition) is 3. The molecule has 1 spiro atoms. The number of rotatable bonds is 1. The monoisotopic (exact) mass is 619 g/mol. The highest BCUT2D eigenvalue weighted by molar-refractivity contribution is 5.92. The second-order valence-electron chi connectivity index (χ2n) is 13.1. The van der Waals surface area contributed by atoms with Crippen LogP contribution in [0.3, 0.4) is 0 Å². The highest BCUT2D eigenvalue weighted by atomic mass is 16.5. The molecule has 1 saturated carbocycles. The van der Waals surface area contributed by atoms with E-state index in [0.717, 1.165) is 22.2 Å². The summed E-state index contributed by atoms with van der Waals surface area (Å²) >= 11 is 0. The van der Waals surface area contributed by atoms with Crippen LogP contribution in [0.4, 0.5) is 0 Å². The quantitative estimate of drug-likeness (QED) is 0.413. The van der Waals surface area contributed by atoms with Gasteiger partial charge in [0.15, 0.2) is 6.10 Å². The van der Waals surface area contributed by atoms with Crippen LogP contribution in [0.2, 0.25) is 0 Å². The number of fused-ring (bicyclic) bond motifs is 4. The van der Waals surface area contributed by atoms with E-state index in [-0.39, 0.29) is 23.8 Å². The second-order valence-corrected chi connectivity index (χ2v) is 13.1. The Hall–Kier alpha value is -3.83. The first-order valence-corrected chi connectivity index (χ1v) is 16.0. The van der Waals surface area contributed by atoms with E-state index >= 15 is 0 Å². The van der Waals surface area contributed by atoms with Crippen molar-refractivity contribution in [2.45, 2.75) is 96.6 Å². The van der Waals surface area contributed by atoms with E-state index in [4.69, 9.17) is 9.72 Å². The molecule has 3 N–H and O–H groups in total. The van der Waals surface area contributed by atoms with Crippen molar-refractivity contribution < 1.29 is 29.0 Å². The van der Waals surface area contributed by atoms with Crippen LogP contribution < -0.4 is 10.7 Å². The van der Waals surface area contributed by atoms with Crippen molar-refractivity contribution in [2.24, 2.45) is 11.3 Å². The van der Waals surface area contributed by atoms with E-state index in [0.29, 0.717) is 45.1 Å². The van der Waals surface area contributed by atoms with E-state index < -0.39 is 41.6 Å². The molecule has 1 aromatic heterocycles. The number of ether oxygens (including phenoxy) is 1. The summed E-state index contributed by atoms with van der Waals surface area (Å²) in [5, 5.41) is 15.3. The van der Waals surface area contributed by atoms with E-state index in [1.54, 1.807) is 32.7 Å². The molecule has 4 atom stereocenters. The van der Waals surface area contributed by atoms with Gasteiger partial charge < -0.3 is 20.1 Å². The first-order chi connectivity index (χ1) is 21.4. The second kappa shape index (κ2) is 13.3. The summed E-state index contributed by atoms with van der Waals surface area (Å²) in [5.74, 6) is -1.99. The van der Waals surface area contributed by atoms with Crippen LogP contribution >= 0.6 is 0 Å². The fourth-order valence-electron chi connectivity index (χ4n) is 6.37. The Kier molecular flexibility index (Phi) is 9.60. The number of benzene rings is 1. The first kappa shape index (κ1) is 32.6. The number of nitrogens with zero attached hydrogens (tertiary/aromatic N) is 3. The van der Waals surface area contributed by atoms with Crippen LogP contribution in [-0.4, -0.2) is 81.6 Å². The first-order valence-electron chi connectivity index (χ1n) is 16.0. The lowest BCUT2D eigenvalue weighted by Gasteiger charge is -2.37. The van der Waals surface area contributed by atoms with Gasteiger partial charge in [-0.1, -0.05) is 44.2 Å². The van der Waals surface area contributed by atoms with Crippen molar-refractivity contribution in [1.82, 2.24) is 25.6 Å². The van der Waals surface area contributed by atoms with Crippen LogP contribution in [-0.2, 0) is 23.9 Å².